The van der Waals surface area contributed by atoms with E-state index in [0.29, 0.717) is 0 Å². The Kier molecular flexibility index (Phi) is 10.1. The second-order valence-electron chi connectivity index (χ2n) is 15.2. The van der Waals surface area contributed by atoms with Crippen LogP contribution in [0.15, 0.2) is 255 Å². The molecule has 0 saturated carbocycles. The summed E-state index contributed by atoms with van der Waals surface area (Å²) in [5.41, 5.74) is 21.3. The van der Waals surface area contributed by atoms with Crippen LogP contribution in [0.2, 0.25) is 0 Å². The van der Waals surface area contributed by atoms with E-state index in [1.165, 1.54) is 83.5 Å². The van der Waals surface area contributed by atoms with Gasteiger partial charge in [0.2, 0.25) is 0 Å². The van der Waals surface area contributed by atoms with Crippen LogP contribution < -0.4 is 0 Å². The number of hydrogen-bond acceptors (Lipinski definition) is 0. The standard InChI is InChI=1S/C60H42/c1-8-22-43(23-9-1)46-36-38-51(39-37-46)59-57(49-32-18-6-19-33-49)55(47-28-14-4-15-29-47)56(48-30-16-5-17-31-48)58(50-34-20-7-21-35-50)60(59)54-41-52(44-24-10-2-11-25-44)40-53(42-54)45-26-12-3-13-27-45/h1-42H. The van der Waals surface area contributed by atoms with E-state index in [1.807, 2.05) is 0 Å². The SMILES string of the molecule is c1ccc(-c2ccc(-c3c(-c4ccccc4)c(-c4ccccc4)c(-c4ccccc4)c(-c4ccccc4)c3-c3cc(-c4ccccc4)cc(-c4ccccc4)c3)cc2)cc1. The number of benzene rings is 10. The first-order chi connectivity index (χ1) is 29.8. The molecule has 0 bridgehead atoms. The van der Waals surface area contributed by atoms with Gasteiger partial charge in [-0.1, -0.05) is 237 Å². The largest absolute Gasteiger partial charge is 0.0622 e. The smallest absolute Gasteiger partial charge is 0.00134 e. The summed E-state index contributed by atoms with van der Waals surface area (Å²) in [4.78, 5) is 0. The fraction of sp³-hybridized carbons (Fsp3) is 0. The molecular weight excluding hydrogens is 721 g/mol. The summed E-state index contributed by atoms with van der Waals surface area (Å²) in [5, 5.41) is 0. The van der Waals surface area contributed by atoms with Gasteiger partial charge in [0.05, 0.1) is 0 Å². The van der Waals surface area contributed by atoms with Crippen LogP contribution in [0.1, 0.15) is 0 Å². The second kappa shape index (κ2) is 16.6. The van der Waals surface area contributed by atoms with Crippen molar-refractivity contribution in [1.82, 2.24) is 0 Å². The Bertz CT molecular complexity index is 2940. The van der Waals surface area contributed by atoms with E-state index in [-0.39, 0.29) is 0 Å². The lowest BCUT2D eigenvalue weighted by molar-refractivity contribution is 1.51. The highest BCUT2D eigenvalue weighted by molar-refractivity contribution is 6.15. The van der Waals surface area contributed by atoms with Gasteiger partial charge in [0.15, 0.2) is 0 Å². The van der Waals surface area contributed by atoms with Gasteiger partial charge in [-0.3, -0.25) is 0 Å². The van der Waals surface area contributed by atoms with Crippen molar-refractivity contribution in [2.24, 2.45) is 0 Å². The van der Waals surface area contributed by atoms with Crippen LogP contribution in [-0.2, 0) is 0 Å². The van der Waals surface area contributed by atoms with Gasteiger partial charge in [0, 0.05) is 0 Å². The summed E-state index contributed by atoms with van der Waals surface area (Å²) in [7, 11) is 0. The summed E-state index contributed by atoms with van der Waals surface area (Å²) >= 11 is 0. The molecule has 0 aliphatic carbocycles. The van der Waals surface area contributed by atoms with Crippen LogP contribution >= 0.6 is 0 Å². The normalized spacial score (nSPS) is 11.0. The average Bonchev–Trinajstić information content (AvgIpc) is 3.35. The first-order valence-corrected chi connectivity index (χ1v) is 20.7. The maximum Gasteiger partial charge on any atom is -0.00134 e. The zero-order chi connectivity index (χ0) is 40.1. The molecule has 0 radical (unpaired) electrons. The molecule has 0 saturated heterocycles. The molecule has 0 heterocycles. The van der Waals surface area contributed by atoms with Gasteiger partial charge in [0.25, 0.3) is 0 Å². The molecule has 0 spiro atoms. The van der Waals surface area contributed by atoms with Crippen LogP contribution in [0.3, 0.4) is 0 Å². The molecule has 10 aromatic carbocycles. The van der Waals surface area contributed by atoms with Gasteiger partial charge >= 0.3 is 0 Å². The Balaban J connectivity index is 1.44. The maximum absolute atomic E-state index is 2.41. The minimum atomic E-state index is 1.16. The summed E-state index contributed by atoms with van der Waals surface area (Å²) in [6.07, 6.45) is 0. The van der Waals surface area contributed by atoms with Crippen molar-refractivity contribution in [2.45, 2.75) is 0 Å². The van der Waals surface area contributed by atoms with Crippen molar-refractivity contribution in [3.8, 4) is 100 Å². The summed E-state index contributed by atoms with van der Waals surface area (Å²) in [5.74, 6) is 0. The van der Waals surface area contributed by atoms with Gasteiger partial charge < -0.3 is 0 Å². The fourth-order valence-corrected chi connectivity index (χ4v) is 8.73. The topological polar surface area (TPSA) is 0 Å². The fourth-order valence-electron chi connectivity index (χ4n) is 8.73. The minimum absolute atomic E-state index is 1.16. The molecule has 0 heteroatoms. The molecule has 0 N–H and O–H groups in total. The number of hydrogen-bond donors (Lipinski definition) is 0. The van der Waals surface area contributed by atoms with Crippen molar-refractivity contribution in [2.75, 3.05) is 0 Å². The molecule has 282 valence electrons. The molecule has 0 unspecified atom stereocenters. The van der Waals surface area contributed by atoms with E-state index in [1.54, 1.807) is 0 Å². The van der Waals surface area contributed by atoms with E-state index >= 15 is 0 Å². The van der Waals surface area contributed by atoms with Crippen molar-refractivity contribution in [1.29, 1.82) is 0 Å². The Labute approximate surface area is 353 Å². The summed E-state index contributed by atoms with van der Waals surface area (Å²) < 4.78 is 0. The molecule has 60 heavy (non-hydrogen) atoms. The average molecular weight is 763 g/mol. The molecule has 0 aromatic heterocycles. The Morgan fingerprint density at radius 1 is 0.117 bits per heavy atom. The summed E-state index contributed by atoms with van der Waals surface area (Å²) in [6, 6.07) is 92.7. The van der Waals surface area contributed by atoms with E-state index in [2.05, 4.69) is 255 Å². The van der Waals surface area contributed by atoms with Crippen LogP contribution in [-0.4, -0.2) is 0 Å². The lowest BCUT2D eigenvalue weighted by Crippen LogP contribution is -2.02. The Hall–Kier alpha value is -7.80. The van der Waals surface area contributed by atoms with Crippen LogP contribution in [0.4, 0.5) is 0 Å². The Morgan fingerprint density at radius 3 is 0.567 bits per heavy atom. The lowest BCUT2D eigenvalue weighted by atomic mass is 9.73. The third kappa shape index (κ3) is 7.17. The quantitative estimate of drug-likeness (QED) is 0.137. The lowest BCUT2D eigenvalue weighted by Gasteiger charge is -2.29. The molecule has 0 fully saturated rings. The molecule has 10 rings (SSSR count). The van der Waals surface area contributed by atoms with Gasteiger partial charge in [-0.25, -0.2) is 0 Å². The van der Waals surface area contributed by atoms with Crippen molar-refractivity contribution < 1.29 is 0 Å². The summed E-state index contributed by atoms with van der Waals surface area (Å²) in [6.45, 7) is 0. The van der Waals surface area contributed by atoms with E-state index in [0.717, 1.165) is 16.7 Å². The second-order valence-corrected chi connectivity index (χ2v) is 15.2. The van der Waals surface area contributed by atoms with E-state index in [9.17, 15) is 0 Å². The molecule has 0 aliphatic heterocycles. The first-order valence-electron chi connectivity index (χ1n) is 20.7. The predicted octanol–water partition coefficient (Wildman–Crippen LogP) is 16.7. The molecular formula is C60H42. The third-order valence-electron chi connectivity index (χ3n) is 11.5. The number of rotatable bonds is 9. The van der Waals surface area contributed by atoms with E-state index in [4.69, 9.17) is 0 Å². The zero-order valence-corrected chi connectivity index (χ0v) is 33.2. The highest BCUT2D eigenvalue weighted by Gasteiger charge is 2.29. The minimum Gasteiger partial charge on any atom is -0.0622 e. The van der Waals surface area contributed by atoms with E-state index < -0.39 is 0 Å². The monoisotopic (exact) mass is 762 g/mol. The van der Waals surface area contributed by atoms with Crippen LogP contribution in [0.25, 0.3) is 100 Å². The van der Waals surface area contributed by atoms with Crippen molar-refractivity contribution in [3.05, 3.63) is 255 Å². The van der Waals surface area contributed by atoms with Gasteiger partial charge in [0.1, 0.15) is 0 Å². The predicted molar refractivity (Wildman–Crippen MR) is 255 cm³/mol. The van der Waals surface area contributed by atoms with Gasteiger partial charge in [-0.2, -0.15) is 0 Å². The van der Waals surface area contributed by atoms with Gasteiger partial charge in [-0.15, -0.1) is 0 Å². The molecule has 0 nitrogen and oxygen atoms in total. The van der Waals surface area contributed by atoms with Crippen LogP contribution in [0.5, 0.6) is 0 Å². The molecule has 0 atom stereocenters. The highest BCUT2D eigenvalue weighted by Crippen LogP contribution is 2.56. The Morgan fingerprint density at radius 2 is 0.283 bits per heavy atom. The van der Waals surface area contributed by atoms with Crippen molar-refractivity contribution in [3.63, 3.8) is 0 Å². The third-order valence-corrected chi connectivity index (χ3v) is 11.5. The molecule has 0 amide bonds. The van der Waals surface area contributed by atoms with Gasteiger partial charge in [-0.05, 0) is 118 Å². The highest BCUT2D eigenvalue weighted by atomic mass is 14.3. The zero-order valence-electron chi connectivity index (χ0n) is 33.2. The van der Waals surface area contributed by atoms with Crippen molar-refractivity contribution >= 4 is 0 Å². The maximum atomic E-state index is 2.41. The van der Waals surface area contributed by atoms with Crippen LogP contribution in [0, 0.1) is 0 Å². The first kappa shape index (κ1) is 36.5. The molecule has 0 aliphatic rings. The molecule has 10 aromatic rings.